The van der Waals surface area contributed by atoms with Gasteiger partial charge in [-0.05, 0) is 17.7 Å². The van der Waals surface area contributed by atoms with Crippen LogP contribution in [0, 0.1) is 0 Å². The minimum absolute atomic E-state index is 0.183. The highest BCUT2D eigenvalue weighted by Crippen LogP contribution is 2.15. The molecule has 2 rings (SSSR count). The lowest BCUT2D eigenvalue weighted by atomic mass is 10.2. The van der Waals surface area contributed by atoms with E-state index in [1.54, 1.807) is 30.3 Å². The first-order valence-electron chi connectivity index (χ1n) is 5.42. The molecule has 2 aromatic rings. The molecule has 0 unspecified atom stereocenters. The van der Waals surface area contributed by atoms with Crippen LogP contribution in [-0.4, -0.2) is 8.42 Å². The van der Waals surface area contributed by atoms with Crippen LogP contribution in [0.1, 0.15) is 11.1 Å². The highest BCUT2D eigenvalue weighted by Gasteiger charge is 2.16. The van der Waals surface area contributed by atoms with Crippen LogP contribution in [0.4, 0.5) is 0 Å². The second kappa shape index (κ2) is 5.34. The van der Waals surface area contributed by atoms with Crippen molar-refractivity contribution in [2.45, 2.75) is 18.0 Å². The summed E-state index contributed by atoms with van der Waals surface area (Å²) in [6.07, 6.45) is 2.99. The lowest BCUT2D eigenvalue weighted by molar-refractivity contribution is 0.561. The van der Waals surface area contributed by atoms with Crippen LogP contribution >= 0.6 is 0 Å². The van der Waals surface area contributed by atoms with Crippen molar-refractivity contribution < 1.29 is 12.8 Å². The predicted octanol–water partition coefficient (Wildman–Crippen LogP) is 1.22. The number of hydrogen-bond acceptors (Lipinski definition) is 4. The van der Waals surface area contributed by atoms with Crippen LogP contribution in [0.5, 0.6) is 0 Å². The molecule has 0 saturated heterocycles. The van der Waals surface area contributed by atoms with Crippen LogP contribution in [0.25, 0.3) is 0 Å². The first kappa shape index (κ1) is 12.8. The Balaban J connectivity index is 2.20. The Bertz CT molecular complexity index is 606. The topological polar surface area (TPSA) is 85.3 Å². The van der Waals surface area contributed by atoms with Gasteiger partial charge >= 0.3 is 0 Å². The molecule has 0 fully saturated rings. The van der Waals surface area contributed by atoms with Crippen LogP contribution in [0.15, 0.2) is 52.2 Å². The van der Waals surface area contributed by atoms with E-state index in [1.807, 2.05) is 0 Å². The maximum Gasteiger partial charge on any atom is 0.241 e. The van der Waals surface area contributed by atoms with Gasteiger partial charge in [0, 0.05) is 18.7 Å². The number of sulfonamides is 1. The summed E-state index contributed by atoms with van der Waals surface area (Å²) in [5.41, 5.74) is 6.89. The van der Waals surface area contributed by atoms with Crippen molar-refractivity contribution >= 4 is 10.0 Å². The number of nitrogens with one attached hydrogen (secondary N) is 1. The molecule has 96 valence electrons. The van der Waals surface area contributed by atoms with E-state index in [0.29, 0.717) is 5.56 Å². The maximum absolute atomic E-state index is 12.1. The Labute approximate surface area is 106 Å². The number of benzene rings is 1. The van der Waals surface area contributed by atoms with Crippen molar-refractivity contribution in [3.05, 3.63) is 54.0 Å². The van der Waals surface area contributed by atoms with E-state index < -0.39 is 10.0 Å². The summed E-state index contributed by atoms with van der Waals surface area (Å²) in [6, 6.07) is 8.38. The molecule has 0 aliphatic carbocycles. The van der Waals surface area contributed by atoms with Gasteiger partial charge in [0.05, 0.1) is 17.4 Å². The van der Waals surface area contributed by atoms with Gasteiger partial charge in [0.15, 0.2) is 0 Å². The van der Waals surface area contributed by atoms with Crippen molar-refractivity contribution in [2.75, 3.05) is 0 Å². The fourth-order valence-electron chi connectivity index (χ4n) is 1.58. The van der Waals surface area contributed by atoms with Crippen LogP contribution in [0.2, 0.25) is 0 Å². The van der Waals surface area contributed by atoms with Gasteiger partial charge in [0.25, 0.3) is 0 Å². The average molecular weight is 266 g/mol. The zero-order valence-electron chi connectivity index (χ0n) is 9.67. The average Bonchev–Trinajstić information content (AvgIpc) is 2.89. The molecule has 0 bridgehead atoms. The quantitative estimate of drug-likeness (QED) is 0.852. The van der Waals surface area contributed by atoms with Crippen LogP contribution < -0.4 is 10.5 Å². The fraction of sp³-hybridized carbons (Fsp3) is 0.167. The van der Waals surface area contributed by atoms with E-state index in [0.717, 1.165) is 5.56 Å². The molecule has 3 N–H and O–H groups in total. The molecule has 1 heterocycles. The van der Waals surface area contributed by atoms with Gasteiger partial charge < -0.3 is 10.2 Å². The van der Waals surface area contributed by atoms with Crippen molar-refractivity contribution in [3.63, 3.8) is 0 Å². The number of furan rings is 1. The monoisotopic (exact) mass is 266 g/mol. The van der Waals surface area contributed by atoms with Gasteiger partial charge in [-0.2, -0.15) is 0 Å². The van der Waals surface area contributed by atoms with E-state index in [-0.39, 0.29) is 18.0 Å². The predicted molar refractivity (Wildman–Crippen MR) is 67.1 cm³/mol. The zero-order valence-corrected chi connectivity index (χ0v) is 10.5. The smallest absolute Gasteiger partial charge is 0.241 e. The third-order valence-corrected chi connectivity index (χ3v) is 4.03. The minimum atomic E-state index is -3.55. The molecular weight excluding hydrogens is 252 g/mol. The molecule has 0 aliphatic heterocycles. The third-order valence-electron chi connectivity index (χ3n) is 2.53. The molecule has 1 aromatic carbocycles. The summed E-state index contributed by atoms with van der Waals surface area (Å²) in [5.74, 6) is 0. The second-order valence-electron chi connectivity index (χ2n) is 3.77. The van der Waals surface area contributed by atoms with E-state index in [2.05, 4.69) is 4.72 Å². The fourth-order valence-corrected chi connectivity index (χ4v) is 2.85. The number of rotatable bonds is 5. The van der Waals surface area contributed by atoms with Gasteiger partial charge in [0.1, 0.15) is 0 Å². The minimum Gasteiger partial charge on any atom is -0.472 e. The Kier molecular flexibility index (Phi) is 3.81. The Morgan fingerprint density at radius 3 is 2.67 bits per heavy atom. The maximum atomic E-state index is 12.1. The Morgan fingerprint density at radius 2 is 2.00 bits per heavy atom. The third kappa shape index (κ3) is 2.79. The first-order valence-corrected chi connectivity index (χ1v) is 6.90. The zero-order chi connectivity index (χ0) is 13.0. The molecule has 0 radical (unpaired) electrons. The number of hydrogen-bond donors (Lipinski definition) is 2. The van der Waals surface area contributed by atoms with E-state index in [9.17, 15) is 8.42 Å². The van der Waals surface area contributed by atoms with Crippen LogP contribution in [0.3, 0.4) is 0 Å². The van der Waals surface area contributed by atoms with E-state index in [4.69, 9.17) is 10.2 Å². The lowest BCUT2D eigenvalue weighted by Gasteiger charge is -2.09. The highest BCUT2D eigenvalue weighted by atomic mass is 32.2. The second-order valence-corrected chi connectivity index (χ2v) is 5.50. The van der Waals surface area contributed by atoms with Crippen molar-refractivity contribution in [2.24, 2.45) is 5.73 Å². The molecule has 18 heavy (non-hydrogen) atoms. The first-order chi connectivity index (χ1) is 8.63. The Hall–Kier alpha value is -1.63. The molecule has 0 atom stereocenters. The van der Waals surface area contributed by atoms with Gasteiger partial charge in [-0.25, -0.2) is 13.1 Å². The molecule has 0 amide bonds. The van der Waals surface area contributed by atoms with Gasteiger partial charge in [-0.15, -0.1) is 0 Å². The highest BCUT2D eigenvalue weighted by molar-refractivity contribution is 7.89. The van der Waals surface area contributed by atoms with Crippen molar-refractivity contribution in [1.29, 1.82) is 0 Å². The van der Waals surface area contributed by atoms with E-state index in [1.165, 1.54) is 12.5 Å². The van der Waals surface area contributed by atoms with Crippen molar-refractivity contribution in [3.8, 4) is 0 Å². The van der Waals surface area contributed by atoms with Gasteiger partial charge in [0.2, 0.25) is 10.0 Å². The van der Waals surface area contributed by atoms with Gasteiger partial charge in [-0.1, -0.05) is 18.2 Å². The van der Waals surface area contributed by atoms with Crippen LogP contribution in [-0.2, 0) is 23.1 Å². The molecule has 1 aromatic heterocycles. The van der Waals surface area contributed by atoms with Gasteiger partial charge in [-0.3, -0.25) is 0 Å². The summed E-state index contributed by atoms with van der Waals surface area (Å²) in [5, 5.41) is 0. The molecule has 6 heteroatoms. The Morgan fingerprint density at radius 1 is 1.22 bits per heavy atom. The molecule has 5 nitrogen and oxygen atoms in total. The summed E-state index contributed by atoms with van der Waals surface area (Å²) in [4.78, 5) is 0.219. The normalized spacial score (nSPS) is 11.6. The SMILES string of the molecule is NCc1ccccc1S(=O)(=O)NCc1ccoc1. The van der Waals surface area contributed by atoms with Crippen molar-refractivity contribution in [1.82, 2.24) is 4.72 Å². The standard InChI is InChI=1S/C12H14N2O3S/c13-7-11-3-1-2-4-12(11)18(15,16)14-8-10-5-6-17-9-10/h1-6,9,14H,7-8,13H2. The summed E-state index contributed by atoms with van der Waals surface area (Å²) in [6.45, 7) is 0.376. The molecule has 0 spiro atoms. The summed E-state index contributed by atoms with van der Waals surface area (Å²) < 4.78 is 31.6. The molecule has 0 aliphatic rings. The number of nitrogens with two attached hydrogens (primary N) is 1. The summed E-state index contributed by atoms with van der Waals surface area (Å²) in [7, 11) is -3.55. The van der Waals surface area contributed by atoms with E-state index >= 15 is 0 Å². The lowest BCUT2D eigenvalue weighted by Crippen LogP contribution is -2.24. The summed E-state index contributed by atoms with van der Waals surface area (Å²) >= 11 is 0. The largest absolute Gasteiger partial charge is 0.472 e. The molecule has 0 saturated carbocycles. The molecular formula is C12H14N2O3S.